The number of aromatic nitrogens is 1. The molecule has 0 aliphatic carbocycles. The van der Waals surface area contributed by atoms with E-state index in [9.17, 15) is 0 Å². The van der Waals surface area contributed by atoms with Crippen LogP contribution >= 0.6 is 11.8 Å². The number of hydrogen-bond acceptors (Lipinski definition) is 2. The van der Waals surface area contributed by atoms with Gasteiger partial charge in [-0.15, -0.1) is 11.8 Å². The molecule has 0 aliphatic rings. The number of unbranched alkanes of at least 4 members (excludes halogenated alkanes) is 2. The predicted molar refractivity (Wildman–Crippen MR) is 87.4 cm³/mol. The molecule has 0 N–H and O–H groups in total. The number of aryl methyl sites for hydroxylation is 1. The van der Waals surface area contributed by atoms with Gasteiger partial charge in [-0.3, -0.25) is 0 Å². The first-order valence-electron chi connectivity index (χ1n) is 7.64. The largest absolute Gasteiger partial charge is 0.464 e. The van der Waals surface area contributed by atoms with Crippen LogP contribution in [-0.2, 0) is 6.54 Å². The lowest BCUT2D eigenvalue weighted by molar-refractivity contribution is 0.579. The standard InChI is InChI=1S/C17H25NOS/c1-4-6-10-18-13-16(20-12-7-5-2)17(14(18)3)15-9-8-11-19-15/h8-9,11,13H,4-7,10,12H2,1-3H3. The molecule has 0 saturated heterocycles. The van der Waals surface area contributed by atoms with Crippen molar-refractivity contribution >= 4 is 11.8 Å². The van der Waals surface area contributed by atoms with Gasteiger partial charge in [0, 0.05) is 23.3 Å². The minimum atomic E-state index is 0.997. The highest BCUT2D eigenvalue weighted by Gasteiger charge is 2.16. The molecule has 2 aromatic rings. The van der Waals surface area contributed by atoms with Crippen LogP contribution in [0.4, 0.5) is 0 Å². The molecule has 0 aromatic carbocycles. The molecule has 0 atom stereocenters. The van der Waals surface area contributed by atoms with E-state index in [4.69, 9.17) is 4.42 Å². The van der Waals surface area contributed by atoms with Gasteiger partial charge in [0.25, 0.3) is 0 Å². The van der Waals surface area contributed by atoms with Gasteiger partial charge in [-0.05, 0) is 37.7 Å². The summed E-state index contributed by atoms with van der Waals surface area (Å²) in [5.74, 6) is 2.18. The molecule has 0 bridgehead atoms. The van der Waals surface area contributed by atoms with Gasteiger partial charge in [0.2, 0.25) is 0 Å². The topological polar surface area (TPSA) is 18.1 Å². The molecule has 0 fully saturated rings. The van der Waals surface area contributed by atoms with E-state index in [-0.39, 0.29) is 0 Å². The van der Waals surface area contributed by atoms with Gasteiger partial charge in [-0.2, -0.15) is 0 Å². The Morgan fingerprint density at radius 1 is 1.20 bits per heavy atom. The van der Waals surface area contributed by atoms with Crippen molar-refractivity contribution in [1.29, 1.82) is 0 Å². The molecule has 0 amide bonds. The molecule has 3 heteroatoms. The Morgan fingerprint density at radius 2 is 2.00 bits per heavy atom. The highest BCUT2D eigenvalue weighted by Crippen LogP contribution is 2.36. The first-order valence-corrected chi connectivity index (χ1v) is 8.62. The van der Waals surface area contributed by atoms with E-state index in [1.807, 2.05) is 17.8 Å². The van der Waals surface area contributed by atoms with Crippen LogP contribution in [0.2, 0.25) is 0 Å². The fourth-order valence-corrected chi connectivity index (χ4v) is 3.59. The summed E-state index contributed by atoms with van der Waals surface area (Å²) < 4.78 is 8.02. The monoisotopic (exact) mass is 291 g/mol. The van der Waals surface area contributed by atoms with Crippen LogP contribution in [0.25, 0.3) is 11.3 Å². The van der Waals surface area contributed by atoms with E-state index in [2.05, 4.69) is 37.6 Å². The molecule has 0 saturated carbocycles. The van der Waals surface area contributed by atoms with Gasteiger partial charge < -0.3 is 8.98 Å². The summed E-state index contributed by atoms with van der Waals surface area (Å²) in [5, 5.41) is 0. The number of furan rings is 1. The van der Waals surface area contributed by atoms with E-state index in [1.54, 1.807) is 6.26 Å². The predicted octanol–water partition coefficient (Wildman–Crippen LogP) is 5.75. The van der Waals surface area contributed by atoms with E-state index in [0.29, 0.717) is 0 Å². The van der Waals surface area contributed by atoms with Gasteiger partial charge in [0.15, 0.2) is 0 Å². The van der Waals surface area contributed by atoms with Crippen LogP contribution in [0.1, 0.15) is 45.2 Å². The van der Waals surface area contributed by atoms with Crippen molar-refractivity contribution in [2.45, 2.75) is 57.9 Å². The lowest BCUT2D eigenvalue weighted by Crippen LogP contribution is -1.98. The lowest BCUT2D eigenvalue weighted by atomic mass is 10.2. The molecule has 0 aliphatic heterocycles. The van der Waals surface area contributed by atoms with Gasteiger partial charge in [0.1, 0.15) is 5.76 Å². The van der Waals surface area contributed by atoms with E-state index in [1.165, 1.54) is 47.6 Å². The van der Waals surface area contributed by atoms with Gasteiger partial charge in [-0.1, -0.05) is 26.7 Å². The second kappa shape index (κ2) is 7.63. The van der Waals surface area contributed by atoms with E-state index >= 15 is 0 Å². The van der Waals surface area contributed by atoms with Crippen molar-refractivity contribution in [3.63, 3.8) is 0 Å². The molecule has 0 radical (unpaired) electrons. The molecular formula is C17H25NOS. The summed E-state index contributed by atoms with van der Waals surface area (Å²) in [6, 6.07) is 4.04. The first-order chi connectivity index (χ1) is 9.77. The zero-order chi connectivity index (χ0) is 14.4. The van der Waals surface area contributed by atoms with Crippen molar-refractivity contribution < 1.29 is 4.42 Å². The summed E-state index contributed by atoms with van der Waals surface area (Å²) in [4.78, 5) is 1.36. The van der Waals surface area contributed by atoms with Gasteiger partial charge >= 0.3 is 0 Å². The number of hydrogen-bond donors (Lipinski definition) is 0. The third-order valence-corrected chi connectivity index (χ3v) is 4.70. The Hall–Kier alpha value is -1.09. The Morgan fingerprint density at radius 3 is 2.65 bits per heavy atom. The minimum absolute atomic E-state index is 0.997. The van der Waals surface area contributed by atoms with Gasteiger partial charge in [0.05, 0.1) is 11.8 Å². The summed E-state index contributed by atoms with van der Waals surface area (Å²) in [7, 11) is 0. The van der Waals surface area contributed by atoms with Crippen molar-refractivity contribution in [2.75, 3.05) is 5.75 Å². The Balaban J connectivity index is 2.27. The summed E-state index contributed by atoms with van der Waals surface area (Å²) >= 11 is 1.96. The van der Waals surface area contributed by atoms with Crippen molar-refractivity contribution in [3.8, 4) is 11.3 Å². The SMILES string of the molecule is CCCCSc1cn(CCCC)c(C)c1-c1ccco1. The van der Waals surface area contributed by atoms with Crippen LogP contribution in [0.15, 0.2) is 33.9 Å². The van der Waals surface area contributed by atoms with Crippen LogP contribution < -0.4 is 0 Å². The van der Waals surface area contributed by atoms with Crippen molar-refractivity contribution in [1.82, 2.24) is 4.57 Å². The number of nitrogens with zero attached hydrogens (tertiary/aromatic N) is 1. The Kier molecular flexibility index (Phi) is 5.84. The van der Waals surface area contributed by atoms with Gasteiger partial charge in [-0.25, -0.2) is 0 Å². The van der Waals surface area contributed by atoms with Crippen LogP contribution in [0.5, 0.6) is 0 Å². The van der Waals surface area contributed by atoms with Crippen LogP contribution in [-0.4, -0.2) is 10.3 Å². The third kappa shape index (κ3) is 3.51. The first kappa shape index (κ1) is 15.3. The third-order valence-electron chi connectivity index (χ3n) is 3.59. The smallest absolute Gasteiger partial charge is 0.136 e. The quantitative estimate of drug-likeness (QED) is 0.455. The average molecular weight is 291 g/mol. The number of rotatable bonds is 8. The fourth-order valence-electron chi connectivity index (χ4n) is 2.34. The highest BCUT2D eigenvalue weighted by molar-refractivity contribution is 7.99. The molecule has 2 heterocycles. The molecule has 2 rings (SSSR count). The summed E-state index contributed by atoms with van der Waals surface area (Å²) in [5.41, 5.74) is 2.61. The zero-order valence-electron chi connectivity index (χ0n) is 12.8. The van der Waals surface area contributed by atoms with Crippen LogP contribution in [0.3, 0.4) is 0 Å². The fraction of sp³-hybridized carbons (Fsp3) is 0.529. The summed E-state index contributed by atoms with van der Waals surface area (Å²) in [6.07, 6.45) is 9.04. The molecular weight excluding hydrogens is 266 g/mol. The maximum Gasteiger partial charge on any atom is 0.136 e. The summed E-state index contributed by atoms with van der Waals surface area (Å²) in [6.45, 7) is 7.79. The highest BCUT2D eigenvalue weighted by atomic mass is 32.2. The second-order valence-corrected chi connectivity index (χ2v) is 6.32. The number of thioether (sulfide) groups is 1. The second-order valence-electron chi connectivity index (χ2n) is 5.18. The molecule has 2 nitrogen and oxygen atoms in total. The van der Waals surface area contributed by atoms with Crippen molar-refractivity contribution in [3.05, 3.63) is 30.3 Å². The van der Waals surface area contributed by atoms with Crippen LogP contribution in [0, 0.1) is 6.92 Å². The van der Waals surface area contributed by atoms with Crippen molar-refractivity contribution in [2.24, 2.45) is 0 Å². The minimum Gasteiger partial charge on any atom is -0.464 e. The maximum absolute atomic E-state index is 5.64. The van der Waals surface area contributed by atoms with E-state index < -0.39 is 0 Å². The Bertz CT molecular complexity index is 513. The molecule has 0 unspecified atom stereocenters. The average Bonchev–Trinajstić information content (AvgIpc) is 3.05. The maximum atomic E-state index is 5.64. The Labute approximate surface area is 126 Å². The lowest BCUT2D eigenvalue weighted by Gasteiger charge is -2.05. The molecule has 0 spiro atoms. The van der Waals surface area contributed by atoms with E-state index in [0.717, 1.165) is 12.3 Å². The normalized spacial score (nSPS) is 11.2. The molecule has 110 valence electrons. The molecule has 2 aromatic heterocycles. The molecule has 20 heavy (non-hydrogen) atoms. The zero-order valence-corrected chi connectivity index (χ0v) is 13.6.